The van der Waals surface area contributed by atoms with Gasteiger partial charge in [0.05, 0.1) is 0 Å². The highest BCUT2D eigenvalue weighted by atomic mass is 16.5. The van der Waals surface area contributed by atoms with Gasteiger partial charge in [-0.2, -0.15) is 0 Å². The molecule has 4 nitrogen and oxygen atoms in total. The van der Waals surface area contributed by atoms with Crippen LogP contribution in [0, 0.1) is 13.8 Å². The SMILES string of the molecule is Cc1cc(C)cc(OCC(=O)Nc2ccc(Oc3ccccc3)cc2)c1. The Labute approximate surface area is 153 Å². The van der Waals surface area contributed by atoms with Gasteiger partial charge in [0, 0.05) is 5.69 Å². The number of para-hydroxylation sites is 1. The molecule has 1 N–H and O–H groups in total. The fourth-order valence-corrected chi connectivity index (χ4v) is 2.59. The van der Waals surface area contributed by atoms with Gasteiger partial charge in [-0.1, -0.05) is 24.3 Å². The van der Waals surface area contributed by atoms with Gasteiger partial charge in [-0.25, -0.2) is 0 Å². The largest absolute Gasteiger partial charge is 0.484 e. The highest BCUT2D eigenvalue weighted by Gasteiger charge is 2.05. The van der Waals surface area contributed by atoms with E-state index in [-0.39, 0.29) is 12.5 Å². The fraction of sp³-hybridized carbons (Fsp3) is 0.136. The lowest BCUT2D eigenvalue weighted by Gasteiger charge is -2.10. The van der Waals surface area contributed by atoms with Gasteiger partial charge in [-0.3, -0.25) is 4.79 Å². The lowest BCUT2D eigenvalue weighted by molar-refractivity contribution is -0.118. The van der Waals surface area contributed by atoms with Crippen LogP contribution in [0.1, 0.15) is 11.1 Å². The Morgan fingerprint density at radius 2 is 1.42 bits per heavy atom. The monoisotopic (exact) mass is 347 g/mol. The molecular weight excluding hydrogens is 326 g/mol. The average Bonchev–Trinajstić information content (AvgIpc) is 2.62. The summed E-state index contributed by atoms with van der Waals surface area (Å²) in [6.45, 7) is 3.96. The minimum Gasteiger partial charge on any atom is -0.484 e. The first-order chi connectivity index (χ1) is 12.6. The molecule has 0 atom stereocenters. The predicted octanol–water partition coefficient (Wildman–Crippen LogP) is 5.11. The maximum atomic E-state index is 12.1. The zero-order valence-electron chi connectivity index (χ0n) is 14.9. The molecule has 0 fully saturated rings. The summed E-state index contributed by atoms with van der Waals surface area (Å²) in [4.78, 5) is 12.1. The van der Waals surface area contributed by atoms with E-state index in [2.05, 4.69) is 11.4 Å². The van der Waals surface area contributed by atoms with E-state index >= 15 is 0 Å². The topological polar surface area (TPSA) is 47.6 Å². The van der Waals surface area contributed by atoms with Crippen molar-refractivity contribution in [2.45, 2.75) is 13.8 Å². The standard InChI is InChI=1S/C22H21NO3/c1-16-12-17(2)14-21(13-16)25-15-22(24)23-18-8-10-20(11-9-18)26-19-6-4-3-5-7-19/h3-14H,15H2,1-2H3,(H,23,24). The van der Waals surface area contributed by atoms with Crippen molar-refractivity contribution in [2.75, 3.05) is 11.9 Å². The summed E-state index contributed by atoms with van der Waals surface area (Å²) in [6.07, 6.45) is 0. The maximum absolute atomic E-state index is 12.1. The smallest absolute Gasteiger partial charge is 0.262 e. The van der Waals surface area contributed by atoms with E-state index in [0.717, 1.165) is 16.9 Å². The first-order valence-corrected chi connectivity index (χ1v) is 8.42. The van der Waals surface area contributed by atoms with Crippen LogP contribution in [0.25, 0.3) is 0 Å². The van der Waals surface area contributed by atoms with Gasteiger partial charge in [-0.15, -0.1) is 0 Å². The van der Waals surface area contributed by atoms with Gasteiger partial charge in [0.15, 0.2) is 6.61 Å². The molecule has 0 saturated carbocycles. The van der Waals surface area contributed by atoms with Crippen LogP contribution in [-0.2, 0) is 4.79 Å². The molecule has 3 rings (SSSR count). The normalized spacial score (nSPS) is 10.2. The minimum absolute atomic E-state index is 0.0365. The number of ether oxygens (including phenoxy) is 2. The molecule has 0 radical (unpaired) electrons. The quantitative estimate of drug-likeness (QED) is 0.674. The highest BCUT2D eigenvalue weighted by Crippen LogP contribution is 2.22. The Morgan fingerprint density at radius 3 is 2.08 bits per heavy atom. The van der Waals surface area contributed by atoms with E-state index in [0.29, 0.717) is 17.2 Å². The molecule has 0 unspecified atom stereocenters. The molecule has 4 heteroatoms. The molecule has 0 aliphatic carbocycles. The van der Waals surface area contributed by atoms with Crippen molar-refractivity contribution in [1.82, 2.24) is 0 Å². The number of aryl methyl sites for hydroxylation is 2. The van der Waals surface area contributed by atoms with Gasteiger partial charge in [0.1, 0.15) is 17.2 Å². The van der Waals surface area contributed by atoms with Crippen LogP contribution in [0.2, 0.25) is 0 Å². The van der Waals surface area contributed by atoms with Gasteiger partial charge in [0.2, 0.25) is 0 Å². The van der Waals surface area contributed by atoms with Crippen molar-refractivity contribution in [2.24, 2.45) is 0 Å². The lowest BCUT2D eigenvalue weighted by atomic mass is 10.1. The van der Waals surface area contributed by atoms with Crippen molar-refractivity contribution in [3.05, 3.63) is 83.9 Å². The molecule has 0 bridgehead atoms. The van der Waals surface area contributed by atoms with E-state index in [1.165, 1.54) is 0 Å². The first kappa shape index (κ1) is 17.5. The molecule has 3 aromatic carbocycles. The first-order valence-electron chi connectivity index (χ1n) is 8.42. The molecule has 3 aromatic rings. The third-order valence-corrected chi connectivity index (χ3v) is 3.68. The Hall–Kier alpha value is -3.27. The molecular formula is C22H21NO3. The van der Waals surface area contributed by atoms with Crippen molar-refractivity contribution in [1.29, 1.82) is 0 Å². The molecule has 0 aliphatic heterocycles. The van der Waals surface area contributed by atoms with Crippen LogP contribution in [-0.4, -0.2) is 12.5 Å². The number of hydrogen-bond donors (Lipinski definition) is 1. The van der Waals surface area contributed by atoms with Gasteiger partial charge in [-0.05, 0) is 73.5 Å². The molecule has 0 aromatic heterocycles. The second-order valence-corrected chi connectivity index (χ2v) is 6.10. The minimum atomic E-state index is -0.208. The number of hydrogen-bond acceptors (Lipinski definition) is 3. The predicted molar refractivity (Wildman–Crippen MR) is 103 cm³/mol. The van der Waals surface area contributed by atoms with Crippen molar-refractivity contribution < 1.29 is 14.3 Å². The van der Waals surface area contributed by atoms with Crippen LogP contribution in [0.4, 0.5) is 5.69 Å². The summed E-state index contributed by atoms with van der Waals surface area (Å²) in [7, 11) is 0. The van der Waals surface area contributed by atoms with Crippen LogP contribution in [0.15, 0.2) is 72.8 Å². The van der Waals surface area contributed by atoms with Crippen LogP contribution in [0.5, 0.6) is 17.2 Å². The third kappa shape index (κ3) is 5.11. The van der Waals surface area contributed by atoms with Crippen molar-refractivity contribution >= 4 is 11.6 Å². The fourth-order valence-electron chi connectivity index (χ4n) is 2.59. The molecule has 0 aliphatic rings. The number of nitrogens with one attached hydrogen (secondary N) is 1. The number of amides is 1. The van der Waals surface area contributed by atoms with E-state index in [1.54, 1.807) is 12.1 Å². The summed E-state index contributed by atoms with van der Waals surface area (Å²) < 4.78 is 11.3. The number of carbonyl (C=O) groups is 1. The number of benzene rings is 3. The van der Waals surface area contributed by atoms with E-state index in [9.17, 15) is 4.79 Å². The zero-order chi connectivity index (χ0) is 18.4. The molecule has 132 valence electrons. The van der Waals surface area contributed by atoms with Crippen molar-refractivity contribution in [3.8, 4) is 17.2 Å². The van der Waals surface area contributed by atoms with Crippen LogP contribution in [0.3, 0.4) is 0 Å². The summed E-state index contributed by atoms with van der Waals surface area (Å²) in [5.74, 6) is 1.97. The summed E-state index contributed by atoms with van der Waals surface area (Å²) in [5, 5.41) is 2.81. The molecule has 0 saturated heterocycles. The van der Waals surface area contributed by atoms with E-state index < -0.39 is 0 Å². The van der Waals surface area contributed by atoms with Gasteiger partial charge in [0.25, 0.3) is 5.91 Å². The Kier molecular flexibility index (Phi) is 5.54. The third-order valence-electron chi connectivity index (χ3n) is 3.68. The number of anilines is 1. The number of rotatable bonds is 6. The van der Waals surface area contributed by atoms with Crippen LogP contribution >= 0.6 is 0 Å². The maximum Gasteiger partial charge on any atom is 0.262 e. The molecule has 26 heavy (non-hydrogen) atoms. The highest BCUT2D eigenvalue weighted by molar-refractivity contribution is 5.91. The summed E-state index contributed by atoms with van der Waals surface area (Å²) in [6, 6.07) is 22.7. The number of carbonyl (C=O) groups excluding carboxylic acids is 1. The van der Waals surface area contributed by atoms with Gasteiger partial charge >= 0.3 is 0 Å². The van der Waals surface area contributed by atoms with Gasteiger partial charge < -0.3 is 14.8 Å². The summed E-state index contributed by atoms with van der Waals surface area (Å²) in [5.41, 5.74) is 2.91. The second kappa shape index (κ2) is 8.21. The van der Waals surface area contributed by atoms with Crippen molar-refractivity contribution in [3.63, 3.8) is 0 Å². The lowest BCUT2D eigenvalue weighted by Crippen LogP contribution is -2.20. The molecule has 0 spiro atoms. The molecule has 1 amide bonds. The molecule has 0 heterocycles. The Balaban J connectivity index is 1.52. The zero-order valence-corrected chi connectivity index (χ0v) is 14.9. The van der Waals surface area contributed by atoms with E-state index in [1.807, 2.05) is 68.4 Å². The van der Waals surface area contributed by atoms with E-state index in [4.69, 9.17) is 9.47 Å². The Bertz CT molecular complexity index is 853. The van der Waals surface area contributed by atoms with Crippen LogP contribution < -0.4 is 14.8 Å². The average molecular weight is 347 g/mol. The second-order valence-electron chi connectivity index (χ2n) is 6.10. The summed E-state index contributed by atoms with van der Waals surface area (Å²) >= 11 is 0. The Morgan fingerprint density at radius 1 is 0.808 bits per heavy atom.